The second kappa shape index (κ2) is 3.39. The third-order valence-corrected chi connectivity index (χ3v) is 2.11. The summed E-state index contributed by atoms with van der Waals surface area (Å²) in [5.74, 6) is -0.0826. The number of thiophene rings is 1. The molecule has 0 bridgehead atoms. The lowest BCUT2D eigenvalue weighted by atomic mass is 10.3. The van der Waals surface area contributed by atoms with Gasteiger partial charge in [0.2, 0.25) is 0 Å². The van der Waals surface area contributed by atoms with Gasteiger partial charge in [-0.2, -0.15) is 0 Å². The van der Waals surface area contributed by atoms with Gasteiger partial charge in [-0.1, -0.05) is 0 Å². The highest BCUT2D eigenvalue weighted by Gasteiger charge is 2.04. The van der Waals surface area contributed by atoms with Gasteiger partial charge in [0, 0.05) is 10.3 Å². The van der Waals surface area contributed by atoms with Gasteiger partial charge < -0.3 is 9.84 Å². The minimum absolute atomic E-state index is 0.203. The molecule has 11 heavy (non-hydrogen) atoms. The molecule has 0 fully saturated rings. The van der Waals surface area contributed by atoms with Gasteiger partial charge in [0.1, 0.15) is 5.75 Å². The van der Waals surface area contributed by atoms with Crippen molar-refractivity contribution in [2.45, 2.75) is 6.42 Å². The molecule has 0 spiro atoms. The molecular formula is C7H8O3S. The van der Waals surface area contributed by atoms with Gasteiger partial charge in [-0.25, -0.2) is 0 Å². The van der Waals surface area contributed by atoms with Crippen molar-refractivity contribution in [3.05, 3.63) is 16.3 Å². The predicted molar refractivity (Wildman–Crippen MR) is 41.7 cm³/mol. The molecule has 1 N–H and O–H groups in total. The monoisotopic (exact) mass is 172 g/mol. The maximum atomic E-state index is 10.7. The number of methoxy groups -OCH3 is 1. The van der Waals surface area contributed by atoms with Crippen molar-refractivity contribution in [1.29, 1.82) is 0 Å². The van der Waals surface area contributed by atoms with Crippen LogP contribution < -0.4 is 0 Å². The summed E-state index contributed by atoms with van der Waals surface area (Å²) in [7, 11) is 1.34. The van der Waals surface area contributed by atoms with E-state index in [-0.39, 0.29) is 18.1 Å². The van der Waals surface area contributed by atoms with E-state index in [1.165, 1.54) is 18.4 Å². The summed E-state index contributed by atoms with van der Waals surface area (Å²) in [5.41, 5.74) is 0. The molecule has 0 radical (unpaired) electrons. The Morgan fingerprint density at radius 1 is 1.82 bits per heavy atom. The highest BCUT2D eigenvalue weighted by molar-refractivity contribution is 7.10. The molecule has 0 unspecified atom stereocenters. The van der Waals surface area contributed by atoms with E-state index in [1.54, 1.807) is 11.4 Å². The van der Waals surface area contributed by atoms with Crippen LogP contribution in [-0.2, 0) is 16.0 Å². The molecule has 1 rings (SSSR count). The topological polar surface area (TPSA) is 46.5 Å². The Morgan fingerprint density at radius 2 is 2.55 bits per heavy atom. The molecule has 0 atom stereocenters. The normalized spacial score (nSPS) is 9.55. The number of aromatic hydroxyl groups is 1. The van der Waals surface area contributed by atoms with Crippen LogP contribution in [0.25, 0.3) is 0 Å². The van der Waals surface area contributed by atoms with Crippen LogP contribution in [0.2, 0.25) is 0 Å². The zero-order valence-corrected chi connectivity index (χ0v) is 6.85. The van der Waals surface area contributed by atoms with Gasteiger partial charge in [-0.3, -0.25) is 4.79 Å². The molecule has 0 saturated heterocycles. The Bertz CT molecular complexity index is 254. The van der Waals surface area contributed by atoms with Crippen LogP contribution in [0.15, 0.2) is 11.4 Å². The van der Waals surface area contributed by atoms with Crippen molar-refractivity contribution >= 4 is 17.3 Å². The fourth-order valence-electron chi connectivity index (χ4n) is 0.676. The summed E-state index contributed by atoms with van der Waals surface area (Å²) in [6, 6.07) is 1.56. The van der Waals surface area contributed by atoms with Gasteiger partial charge in [-0.05, 0) is 6.07 Å². The first-order valence-corrected chi connectivity index (χ1v) is 3.93. The number of ether oxygens (including phenoxy) is 1. The number of hydrogen-bond donors (Lipinski definition) is 1. The Morgan fingerprint density at radius 3 is 3.00 bits per heavy atom. The van der Waals surface area contributed by atoms with Crippen LogP contribution in [0.4, 0.5) is 0 Å². The van der Waals surface area contributed by atoms with Crippen molar-refractivity contribution in [2.24, 2.45) is 0 Å². The quantitative estimate of drug-likeness (QED) is 0.681. The average molecular weight is 172 g/mol. The number of hydrogen-bond acceptors (Lipinski definition) is 4. The molecular weight excluding hydrogens is 164 g/mol. The molecule has 1 aromatic heterocycles. The third kappa shape index (κ3) is 2.23. The molecule has 0 aliphatic heterocycles. The molecule has 0 amide bonds. The van der Waals surface area contributed by atoms with E-state index in [9.17, 15) is 4.79 Å². The highest BCUT2D eigenvalue weighted by atomic mass is 32.1. The summed E-state index contributed by atoms with van der Waals surface area (Å²) in [5, 5.41) is 10.5. The standard InChI is InChI=1S/C7H8O3S/c1-10-7(9)3-6-2-5(8)4-11-6/h2,4,8H,3H2,1H3. The van der Waals surface area contributed by atoms with E-state index < -0.39 is 0 Å². The first-order chi connectivity index (χ1) is 5.22. The van der Waals surface area contributed by atoms with Crippen LogP contribution in [0.3, 0.4) is 0 Å². The zero-order valence-electron chi connectivity index (χ0n) is 6.03. The molecule has 0 aliphatic carbocycles. The van der Waals surface area contributed by atoms with Gasteiger partial charge in [-0.15, -0.1) is 11.3 Å². The van der Waals surface area contributed by atoms with Gasteiger partial charge >= 0.3 is 5.97 Å². The Kier molecular flexibility index (Phi) is 2.48. The van der Waals surface area contributed by atoms with Crippen LogP contribution in [0.5, 0.6) is 5.75 Å². The van der Waals surface area contributed by atoms with Crippen LogP contribution in [0, 0.1) is 0 Å². The predicted octanol–water partition coefficient (Wildman–Crippen LogP) is 1.17. The van der Waals surface area contributed by atoms with Crippen molar-refractivity contribution in [2.75, 3.05) is 7.11 Å². The van der Waals surface area contributed by atoms with Gasteiger partial charge in [0.25, 0.3) is 0 Å². The number of esters is 1. The van der Waals surface area contributed by atoms with Gasteiger partial charge in [0.15, 0.2) is 0 Å². The maximum Gasteiger partial charge on any atom is 0.310 e. The molecule has 3 nitrogen and oxygen atoms in total. The zero-order chi connectivity index (χ0) is 8.27. The first-order valence-electron chi connectivity index (χ1n) is 3.05. The van der Waals surface area contributed by atoms with E-state index in [2.05, 4.69) is 4.74 Å². The van der Waals surface area contributed by atoms with E-state index in [4.69, 9.17) is 5.11 Å². The Hall–Kier alpha value is -1.03. The Balaban J connectivity index is 2.57. The molecule has 0 aromatic carbocycles. The smallest absolute Gasteiger partial charge is 0.310 e. The molecule has 0 saturated carbocycles. The molecule has 1 aromatic rings. The molecule has 60 valence electrons. The van der Waals surface area contributed by atoms with E-state index in [1.807, 2.05) is 0 Å². The minimum atomic E-state index is -0.285. The summed E-state index contributed by atoms with van der Waals surface area (Å²) in [6.45, 7) is 0. The number of carbonyl (C=O) groups is 1. The van der Waals surface area contributed by atoms with Crippen LogP contribution >= 0.6 is 11.3 Å². The minimum Gasteiger partial charge on any atom is -0.507 e. The SMILES string of the molecule is COC(=O)Cc1cc(O)cs1. The maximum absolute atomic E-state index is 10.7. The van der Waals surface area contributed by atoms with Gasteiger partial charge in [0.05, 0.1) is 13.5 Å². The van der Waals surface area contributed by atoms with Crippen molar-refractivity contribution < 1.29 is 14.6 Å². The van der Waals surface area contributed by atoms with Crippen molar-refractivity contribution in [3.63, 3.8) is 0 Å². The molecule has 1 heterocycles. The fraction of sp³-hybridized carbons (Fsp3) is 0.286. The fourth-order valence-corrected chi connectivity index (χ4v) is 1.41. The lowest BCUT2D eigenvalue weighted by Gasteiger charge is -1.93. The van der Waals surface area contributed by atoms with Crippen molar-refractivity contribution in [1.82, 2.24) is 0 Å². The van der Waals surface area contributed by atoms with Crippen molar-refractivity contribution in [3.8, 4) is 5.75 Å². The summed E-state index contributed by atoms with van der Waals surface area (Å²) < 4.78 is 4.45. The lowest BCUT2D eigenvalue weighted by Crippen LogP contribution is -2.02. The second-order valence-corrected chi connectivity index (χ2v) is 3.02. The molecule has 0 aliphatic rings. The summed E-state index contributed by atoms with van der Waals surface area (Å²) >= 11 is 1.34. The summed E-state index contributed by atoms with van der Waals surface area (Å²) in [4.78, 5) is 11.5. The second-order valence-electron chi connectivity index (χ2n) is 2.02. The molecule has 4 heteroatoms. The lowest BCUT2D eigenvalue weighted by molar-refractivity contribution is -0.139. The van der Waals surface area contributed by atoms with E-state index >= 15 is 0 Å². The largest absolute Gasteiger partial charge is 0.507 e. The van der Waals surface area contributed by atoms with Crippen LogP contribution in [0.1, 0.15) is 4.88 Å². The number of rotatable bonds is 2. The van der Waals surface area contributed by atoms with Crippen LogP contribution in [-0.4, -0.2) is 18.2 Å². The Labute approximate surface area is 68.2 Å². The highest BCUT2D eigenvalue weighted by Crippen LogP contribution is 2.20. The average Bonchev–Trinajstić information content (AvgIpc) is 2.35. The third-order valence-electron chi connectivity index (χ3n) is 1.19. The summed E-state index contributed by atoms with van der Waals surface area (Å²) in [6.07, 6.45) is 0.238. The van der Waals surface area contributed by atoms with E-state index in [0.29, 0.717) is 0 Å². The number of carbonyl (C=O) groups excluding carboxylic acids is 1. The first kappa shape index (κ1) is 8.07. The van der Waals surface area contributed by atoms with E-state index in [0.717, 1.165) is 4.88 Å².